The summed E-state index contributed by atoms with van der Waals surface area (Å²) in [6.07, 6.45) is 8.57. The van der Waals surface area contributed by atoms with Crippen LogP contribution < -0.4 is 5.73 Å². The Morgan fingerprint density at radius 2 is 1.91 bits per heavy atom. The number of hydrogen-bond donors (Lipinski definition) is 1. The van der Waals surface area contributed by atoms with Gasteiger partial charge in [-0.05, 0) is 24.8 Å². The molecule has 1 aliphatic carbocycles. The highest BCUT2D eigenvalue weighted by atomic mass is 16.1. The minimum absolute atomic E-state index is 0.125. The highest BCUT2D eigenvalue weighted by Crippen LogP contribution is 2.37. The molecule has 63 valence electrons. The Kier molecular flexibility index (Phi) is 3.06. The van der Waals surface area contributed by atoms with E-state index < -0.39 is 0 Å². The van der Waals surface area contributed by atoms with Gasteiger partial charge in [0.2, 0.25) is 0 Å². The average molecular weight is 154 g/mol. The molecule has 1 aliphatic rings. The van der Waals surface area contributed by atoms with Gasteiger partial charge in [0.15, 0.2) is 6.29 Å². The van der Waals surface area contributed by atoms with Crippen LogP contribution in [0.1, 0.15) is 38.5 Å². The van der Waals surface area contributed by atoms with Gasteiger partial charge in [-0.3, -0.25) is 4.79 Å². The summed E-state index contributed by atoms with van der Waals surface area (Å²) in [5.74, 6) is 0. The van der Waals surface area contributed by atoms with E-state index in [2.05, 4.69) is 0 Å². The lowest BCUT2D eigenvalue weighted by Crippen LogP contribution is -2.33. The molecule has 0 aromatic rings. The van der Waals surface area contributed by atoms with Crippen LogP contribution in [0.4, 0.5) is 0 Å². The van der Waals surface area contributed by atoms with Gasteiger partial charge in [-0.15, -0.1) is 0 Å². The average Bonchev–Trinajstić information content (AvgIpc) is 2.07. The van der Waals surface area contributed by atoms with Gasteiger partial charge >= 0.3 is 0 Å². The fourth-order valence-corrected chi connectivity index (χ4v) is 1.91. The monoisotopic (exact) mass is 154 g/mol. The van der Waals surface area contributed by atoms with Crippen LogP contribution >= 0.6 is 0 Å². The van der Waals surface area contributed by atoms with E-state index in [1.807, 2.05) is 6.29 Å². The van der Waals surface area contributed by atoms with Crippen LogP contribution in [0.3, 0.4) is 0 Å². The number of rotatable bonds is 3. The molecule has 1 fully saturated rings. The zero-order chi connectivity index (χ0) is 8.16. The van der Waals surface area contributed by atoms with E-state index in [9.17, 15) is 4.79 Å². The Morgan fingerprint density at radius 1 is 1.27 bits per heavy atom. The number of nitrogens with two attached hydrogens (primary N) is 1. The van der Waals surface area contributed by atoms with Crippen LogP contribution in [-0.4, -0.2) is 12.8 Å². The molecule has 0 aromatic carbocycles. The molecule has 2 nitrogen and oxygen atoms in total. The van der Waals surface area contributed by atoms with E-state index in [4.69, 9.17) is 5.73 Å². The molecule has 0 saturated heterocycles. The molecule has 0 bridgehead atoms. The number of hydrogen-bond acceptors (Lipinski definition) is 2. The molecule has 1 saturated carbocycles. The summed E-state index contributed by atoms with van der Waals surface area (Å²) >= 11 is 0. The summed E-state index contributed by atoms with van der Waals surface area (Å²) in [5, 5.41) is 0. The Bertz CT molecular complexity index is 128. The molecule has 1 rings (SSSR count). The van der Waals surface area contributed by atoms with Gasteiger partial charge in [0.05, 0.1) is 0 Å². The summed E-state index contributed by atoms with van der Waals surface area (Å²) < 4.78 is 0. The molecule has 0 amide bonds. The van der Waals surface area contributed by atoms with E-state index >= 15 is 0 Å². The summed E-state index contributed by atoms with van der Waals surface area (Å²) in [6.45, 7) is 0.655. The fraction of sp³-hybridized carbons (Fsp3) is 0.889. The third kappa shape index (κ3) is 2.03. The fourth-order valence-electron chi connectivity index (χ4n) is 1.91. The third-order valence-electron chi connectivity index (χ3n) is 2.79. The topological polar surface area (TPSA) is 43.1 Å². The largest absolute Gasteiger partial charge is 0.330 e. The lowest BCUT2D eigenvalue weighted by atomic mass is 9.72. The molecular formula is C9H16NO. The SMILES string of the molecule is NCC1(C[C]=O)CCCCC1. The second-order valence-corrected chi connectivity index (χ2v) is 3.59. The Balaban J connectivity index is 2.49. The van der Waals surface area contributed by atoms with Crippen LogP contribution in [0.5, 0.6) is 0 Å². The first kappa shape index (κ1) is 8.72. The number of carbonyl (C=O) groups excluding carboxylic acids is 1. The van der Waals surface area contributed by atoms with Crippen molar-refractivity contribution in [2.45, 2.75) is 38.5 Å². The summed E-state index contributed by atoms with van der Waals surface area (Å²) in [5.41, 5.74) is 5.77. The van der Waals surface area contributed by atoms with E-state index in [0.29, 0.717) is 13.0 Å². The standard InChI is InChI=1S/C9H16NO/c10-8-9(6-7-11)4-2-1-3-5-9/h1-6,8,10H2. The lowest BCUT2D eigenvalue weighted by Gasteiger charge is -2.34. The Morgan fingerprint density at radius 3 is 2.36 bits per heavy atom. The second-order valence-electron chi connectivity index (χ2n) is 3.59. The Labute approximate surface area is 68.2 Å². The maximum absolute atomic E-state index is 10.3. The second kappa shape index (κ2) is 3.86. The molecule has 0 unspecified atom stereocenters. The van der Waals surface area contributed by atoms with Crippen molar-refractivity contribution in [3.8, 4) is 0 Å². The van der Waals surface area contributed by atoms with Crippen LogP contribution in [-0.2, 0) is 4.79 Å². The van der Waals surface area contributed by atoms with Crippen molar-refractivity contribution in [1.82, 2.24) is 0 Å². The summed E-state index contributed by atoms with van der Waals surface area (Å²) in [7, 11) is 0. The molecule has 11 heavy (non-hydrogen) atoms. The minimum Gasteiger partial charge on any atom is -0.330 e. The van der Waals surface area contributed by atoms with Gasteiger partial charge in [0.1, 0.15) is 0 Å². The smallest absolute Gasteiger partial charge is 0.199 e. The van der Waals surface area contributed by atoms with Crippen molar-refractivity contribution in [2.75, 3.05) is 6.54 Å². The normalized spacial score (nSPS) is 23.0. The van der Waals surface area contributed by atoms with Gasteiger partial charge in [-0.25, -0.2) is 0 Å². The van der Waals surface area contributed by atoms with Gasteiger partial charge in [0.25, 0.3) is 0 Å². The highest BCUT2D eigenvalue weighted by Gasteiger charge is 2.30. The zero-order valence-corrected chi connectivity index (χ0v) is 6.94. The van der Waals surface area contributed by atoms with Crippen molar-refractivity contribution >= 4 is 6.29 Å². The maximum Gasteiger partial charge on any atom is 0.199 e. The van der Waals surface area contributed by atoms with Crippen LogP contribution in [0.15, 0.2) is 0 Å². The van der Waals surface area contributed by atoms with E-state index in [1.54, 1.807) is 0 Å². The molecule has 2 N–H and O–H groups in total. The van der Waals surface area contributed by atoms with Crippen molar-refractivity contribution in [2.24, 2.45) is 11.1 Å². The quantitative estimate of drug-likeness (QED) is 0.667. The first-order valence-corrected chi connectivity index (χ1v) is 4.38. The molecule has 0 spiro atoms. The molecule has 0 atom stereocenters. The maximum atomic E-state index is 10.3. The van der Waals surface area contributed by atoms with Gasteiger partial charge in [-0.2, -0.15) is 0 Å². The van der Waals surface area contributed by atoms with Crippen molar-refractivity contribution in [3.63, 3.8) is 0 Å². The van der Waals surface area contributed by atoms with E-state index in [1.165, 1.54) is 19.3 Å². The molecule has 2 heteroatoms. The van der Waals surface area contributed by atoms with Crippen LogP contribution in [0.25, 0.3) is 0 Å². The Hall–Kier alpha value is -0.370. The van der Waals surface area contributed by atoms with Gasteiger partial charge in [0, 0.05) is 6.42 Å². The van der Waals surface area contributed by atoms with Gasteiger partial charge in [-0.1, -0.05) is 19.3 Å². The zero-order valence-electron chi connectivity index (χ0n) is 6.94. The van der Waals surface area contributed by atoms with E-state index in [0.717, 1.165) is 12.8 Å². The van der Waals surface area contributed by atoms with Gasteiger partial charge < -0.3 is 5.73 Å². The molecular weight excluding hydrogens is 138 g/mol. The minimum atomic E-state index is 0.125. The molecule has 0 aliphatic heterocycles. The van der Waals surface area contributed by atoms with E-state index in [-0.39, 0.29) is 5.41 Å². The van der Waals surface area contributed by atoms with Crippen molar-refractivity contribution in [3.05, 3.63) is 0 Å². The predicted molar refractivity (Wildman–Crippen MR) is 44.9 cm³/mol. The van der Waals surface area contributed by atoms with Crippen molar-refractivity contribution < 1.29 is 4.79 Å². The summed E-state index contributed by atoms with van der Waals surface area (Å²) in [6, 6.07) is 0. The first-order chi connectivity index (χ1) is 5.33. The predicted octanol–water partition coefficient (Wildman–Crippen LogP) is 1.40. The summed E-state index contributed by atoms with van der Waals surface area (Å²) in [4.78, 5) is 10.3. The lowest BCUT2D eigenvalue weighted by molar-refractivity contribution is 0.206. The van der Waals surface area contributed by atoms with Crippen molar-refractivity contribution in [1.29, 1.82) is 0 Å². The third-order valence-corrected chi connectivity index (χ3v) is 2.79. The van der Waals surface area contributed by atoms with Crippen LogP contribution in [0, 0.1) is 5.41 Å². The molecule has 0 aromatic heterocycles. The molecule has 0 heterocycles. The molecule has 1 radical (unpaired) electrons. The van der Waals surface area contributed by atoms with Crippen LogP contribution in [0.2, 0.25) is 0 Å². The first-order valence-electron chi connectivity index (χ1n) is 4.38. The highest BCUT2D eigenvalue weighted by molar-refractivity contribution is 5.51.